The SMILES string of the molecule is CNC1CCC(Nc2ncnc3[nH]cc(C4CCOCC4)c23)CC1. The van der Waals surface area contributed by atoms with Crippen LogP contribution in [-0.4, -0.2) is 47.3 Å². The van der Waals surface area contributed by atoms with Crippen LogP contribution in [0.25, 0.3) is 11.0 Å². The minimum atomic E-state index is 0.505. The monoisotopic (exact) mass is 329 g/mol. The van der Waals surface area contributed by atoms with Gasteiger partial charge in [-0.15, -0.1) is 0 Å². The zero-order valence-corrected chi connectivity index (χ0v) is 14.3. The van der Waals surface area contributed by atoms with Gasteiger partial charge in [0, 0.05) is 31.5 Å². The first kappa shape index (κ1) is 15.8. The van der Waals surface area contributed by atoms with Crippen LogP contribution in [0.15, 0.2) is 12.5 Å². The van der Waals surface area contributed by atoms with Crippen molar-refractivity contribution in [3.63, 3.8) is 0 Å². The van der Waals surface area contributed by atoms with Crippen molar-refractivity contribution in [2.24, 2.45) is 0 Å². The van der Waals surface area contributed by atoms with Crippen LogP contribution in [-0.2, 0) is 4.74 Å². The molecule has 3 N–H and O–H groups in total. The Labute approximate surface area is 142 Å². The third kappa shape index (κ3) is 3.13. The second-order valence-electron chi connectivity index (χ2n) is 7.06. The van der Waals surface area contributed by atoms with E-state index in [1.807, 2.05) is 0 Å². The highest BCUT2D eigenvalue weighted by molar-refractivity contribution is 5.90. The molecule has 1 aliphatic carbocycles. The summed E-state index contributed by atoms with van der Waals surface area (Å²) in [7, 11) is 2.06. The van der Waals surface area contributed by atoms with Gasteiger partial charge in [0.15, 0.2) is 0 Å². The molecule has 1 saturated heterocycles. The summed E-state index contributed by atoms with van der Waals surface area (Å²) in [4.78, 5) is 12.3. The predicted molar refractivity (Wildman–Crippen MR) is 95.4 cm³/mol. The summed E-state index contributed by atoms with van der Waals surface area (Å²) in [5.74, 6) is 1.54. The molecule has 0 unspecified atom stereocenters. The number of nitrogens with one attached hydrogen (secondary N) is 3. The molecule has 6 nitrogen and oxygen atoms in total. The van der Waals surface area contributed by atoms with Gasteiger partial charge in [0.2, 0.25) is 0 Å². The quantitative estimate of drug-likeness (QED) is 0.804. The molecule has 2 fully saturated rings. The van der Waals surface area contributed by atoms with Crippen LogP contribution < -0.4 is 10.6 Å². The highest BCUT2D eigenvalue weighted by atomic mass is 16.5. The Hall–Kier alpha value is -1.66. The number of ether oxygens (including phenoxy) is 1. The van der Waals surface area contributed by atoms with Gasteiger partial charge in [-0.25, -0.2) is 9.97 Å². The van der Waals surface area contributed by atoms with Gasteiger partial charge in [-0.2, -0.15) is 0 Å². The number of aromatic nitrogens is 3. The summed E-state index contributed by atoms with van der Waals surface area (Å²) in [6.45, 7) is 1.70. The third-order valence-electron chi connectivity index (χ3n) is 5.64. The third-order valence-corrected chi connectivity index (χ3v) is 5.64. The Balaban J connectivity index is 1.57. The minimum absolute atomic E-state index is 0.505. The molecule has 24 heavy (non-hydrogen) atoms. The van der Waals surface area contributed by atoms with Crippen LogP contribution in [0.3, 0.4) is 0 Å². The zero-order chi connectivity index (χ0) is 16.4. The topological polar surface area (TPSA) is 74.9 Å². The second-order valence-corrected chi connectivity index (χ2v) is 7.06. The van der Waals surface area contributed by atoms with Crippen molar-refractivity contribution in [1.82, 2.24) is 20.3 Å². The molecule has 0 spiro atoms. The maximum Gasteiger partial charge on any atom is 0.143 e. The fourth-order valence-corrected chi connectivity index (χ4v) is 4.15. The molecule has 4 rings (SSSR count). The molecule has 6 heteroatoms. The van der Waals surface area contributed by atoms with Crippen molar-refractivity contribution in [3.05, 3.63) is 18.1 Å². The largest absolute Gasteiger partial charge is 0.381 e. The Morgan fingerprint density at radius 2 is 1.79 bits per heavy atom. The number of H-pyrrole nitrogens is 1. The number of hydrogen-bond acceptors (Lipinski definition) is 5. The maximum atomic E-state index is 5.52. The van der Waals surface area contributed by atoms with E-state index in [9.17, 15) is 0 Å². The lowest BCUT2D eigenvalue weighted by Crippen LogP contribution is -2.35. The molecule has 0 radical (unpaired) electrons. The molecule has 1 saturated carbocycles. The highest BCUT2D eigenvalue weighted by Crippen LogP contribution is 2.35. The standard InChI is InChI=1S/C18H27N5O/c1-19-13-2-4-14(5-3-13)23-18-16-15(12-6-8-24-9-7-12)10-20-17(16)21-11-22-18/h10-14,19H,2-9H2,1H3,(H2,20,21,22,23). The minimum Gasteiger partial charge on any atom is -0.381 e. The lowest BCUT2D eigenvalue weighted by Gasteiger charge is -2.29. The van der Waals surface area contributed by atoms with Crippen molar-refractivity contribution in [1.29, 1.82) is 0 Å². The molecule has 3 heterocycles. The van der Waals surface area contributed by atoms with Gasteiger partial charge < -0.3 is 20.4 Å². The fourth-order valence-electron chi connectivity index (χ4n) is 4.15. The number of rotatable bonds is 4. The molecule has 0 bridgehead atoms. The van der Waals surface area contributed by atoms with Crippen LogP contribution >= 0.6 is 0 Å². The molecule has 2 aromatic heterocycles. The fraction of sp³-hybridized carbons (Fsp3) is 0.667. The summed E-state index contributed by atoms with van der Waals surface area (Å²) >= 11 is 0. The molecular formula is C18H27N5O. The Morgan fingerprint density at radius 3 is 2.54 bits per heavy atom. The van der Waals surface area contributed by atoms with Crippen LogP contribution in [0.2, 0.25) is 0 Å². The van der Waals surface area contributed by atoms with Gasteiger partial charge in [-0.05, 0) is 57.1 Å². The molecule has 0 aromatic carbocycles. The smallest absolute Gasteiger partial charge is 0.143 e. The zero-order valence-electron chi connectivity index (χ0n) is 14.3. The first-order chi connectivity index (χ1) is 11.8. The van der Waals surface area contributed by atoms with E-state index >= 15 is 0 Å². The van der Waals surface area contributed by atoms with Gasteiger partial charge in [0.1, 0.15) is 17.8 Å². The number of nitrogens with zero attached hydrogens (tertiary/aromatic N) is 2. The van der Waals surface area contributed by atoms with Gasteiger partial charge in [-0.1, -0.05) is 0 Å². The van der Waals surface area contributed by atoms with Gasteiger partial charge >= 0.3 is 0 Å². The van der Waals surface area contributed by atoms with Gasteiger partial charge in [0.05, 0.1) is 5.39 Å². The summed E-state index contributed by atoms with van der Waals surface area (Å²) in [6, 6.07) is 1.17. The first-order valence-corrected chi connectivity index (χ1v) is 9.18. The predicted octanol–water partition coefficient (Wildman–Crippen LogP) is 2.79. The lowest BCUT2D eigenvalue weighted by atomic mass is 9.90. The number of anilines is 1. The van der Waals surface area contributed by atoms with E-state index in [2.05, 4.69) is 38.8 Å². The average Bonchev–Trinajstić information content (AvgIpc) is 3.08. The molecule has 1 aliphatic heterocycles. The Morgan fingerprint density at radius 1 is 1.04 bits per heavy atom. The van der Waals surface area contributed by atoms with E-state index < -0.39 is 0 Å². The average molecular weight is 329 g/mol. The van der Waals surface area contributed by atoms with Crippen LogP contribution in [0.5, 0.6) is 0 Å². The van der Waals surface area contributed by atoms with Crippen LogP contribution in [0, 0.1) is 0 Å². The summed E-state index contributed by atoms with van der Waals surface area (Å²) in [6.07, 6.45) is 10.8. The molecule has 130 valence electrons. The normalized spacial score (nSPS) is 25.9. The summed E-state index contributed by atoms with van der Waals surface area (Å²) < 4.78 is 5.52. The lowest BCUT2D eigenvalue weighted by molar-refractivity contribution is 0.0856. The van der Waals surface area contributed by atoms with E-state index in [4.69, 9.17) is 4.74 Å². The van der Waals surface area contributed by atoms with E-state index in [0.29, 0.717) is 18.0 Å². The van der Waals surface area contributed by atoms with E-state index in [0.717, 1.165) is 37.5 Å². The van der Waals surface area contributed by atoms with Crippen molar-refractivity contribution in [2.45, 2.75) is 56.5 Å². The van der Waals surface area contributed by atoms with Crippen LogP contribution in [0.4, 0.5) is 5.82 Å². The number of fused-ring (bicyclic) bond motifs is 1. The molecule has 0 atom stereocenters. The molecule has 0 amide bonds. The van der Waals surface area contributed by atoms with Crippen molar-refractivity contribution in [2.75, 3.05) is 25.6 Å². The van der Waals surface area contributed by atoms with E-state index in [1.165, 1.54) is 36.6 Å². The van der Waals surface area contributed by atoms with Crippen molar-refractivity contribution >= 4 is 16.9 Å². The van der Waals surface area contributed by atoms with E-state index in [1.54, 1.807) is 6.33 Å². The van der Waals surface area contributed by atoms with E-state index in [-0.39, 0.29) is 0 Å². The Kier molecular flexibility index (Phi) is 4.67. The maximum absolute atomic E-state index is 5.52. The van der Waals surface area contributed by atoms with Gasteiger partial charge in [-0.3, -0.25) is 0 Å². The van der Waals surface area contributed by atoms with Crippen molar-refractivity contribution in [3.8, 4) is 0 Å². The highest BCUT2D eigenvalue weighted by Gasteiger charge is 2.24. The number of hydrogen-bond donors (Lipinski definition) is 3. The second kappa shape index (κ2) is 7.07. The summed E-state index contributed by atoms with van der Waals surface area (Å²) in [5, 5.41) is 8.28. The molecule has 2 aliphatic rings. The number of aromatic amines is 1. The first-order valence-electron chi connectivity index (χ1n) is 9.18. The molecule has 2 aromatic rings. The van der Waals surface area contributed by atoms with Crippen molar-refractivity contribution < 1.29 is 4.74 Å². The van der Waals surface area contributed by atoms with Crippen LogP contribution in [0.1, 0.15) is 50.0 Å². The Bertz CT molecular complexity index is 671. The molecular weight excluding hydrogens is 302 g/mol. The summed E-state index contributed by atoms with van der Waals surface area (Å²) in [5.41, 5.74) is 2.29. The van der Waals surface area contributed by atoms with Gasteiger partial charge in [0.25, 0.3) is 0 Å².